The molecule has 0 radical (unpaired) electrons. The molecule has 15 heavy (non-hydrogen) atoms. The fraction of sp³-hybridized carbons (Fsp3) is 0.538. The van der Waals surface area contributed by atoms with E-state index in [0.29, 0.717) is 6.54 Å². The van der Waals surface area contributed by atoms with Gasteiger partial charge in [0.1, 0.15) is 11.4 Å². The third kappa shape index (κ3) is 3.24. The van der Waals surface area contributed by atoms with E-state index in [4.69, 9.17) is 10.5 Å². The summed E-state index contributed by atoms with van der Waals surface area (Å²) >= 11 is 0. The lowest BCUT2D eigenvalue weighted by Gasteiger charge is -2.26. The number of aryl methyl sites for hydroxylation is 1. The molecule has 0 aliphatic rings. The summed E-state index contributed by atoms with van der Waals surface area (Å²) in [6.45, 7) is 8.97. The summed E-state index contributed by atoms with van der Waals surface area (Å²) in [5.74, 6) is 0.957. The number of hydrogen-bond donors (Lipinski definition) is 1. The van der Waals surface area contributed by atoms with E-state index in [1.165, 1.54) is 0 Å². The molecule has 1 aromatic carbocycles. The van der Waals surface area contributed by atoms with Crippen LogP contribution in [0.4, 0.5) is 0 Å². The standard InChI is InChI=1S/C13H21NO/c1-5-13(3,4)15-12-7-6-11(9-14)8-10(12)2/h6-8H,5,9,14H2,1-4H3. The molecular formula is C13H21NO. The van der Waals surface area contributed by atoms with Gasteiger partial charge in [0.15, 0.2) is 0 Å². The highest BCUT2D eigenvalue weighted by molar-refractivity contribution is 5.36. The maximum atomic E-state index is 5.94. The largest absolute Gasteiger partial charge is 0.488 e. The molecule has 0 spiro atoms. The molecule has 2 N–H and O–H groups in total. The van der Waals surface area contributed by atoms with Gasteiger partial charge >= 0.3 is 0 Å². The molecule has 0 saturated carbocycles. The first-order valence-corrected chi connectivity index (χ1v) is 5.47. The van der Waals surface area contributed by atoms with Crippen molar-refractivity contribution in [3.05, 3.63) is 29.3 Å². The second-order valence-corrected chi connectivity index (χ2v) is 4.52. The Bertz CT molecular complexity index is 331. The Kier molecular flexibility index (Phi) is 3.75. The van der Waals surface area contributed by atoms with Crippen molar-refractivity contribution in [1.82, 2.24) is 0 Å². The second kappa shape index (κ2) is 4.67. The Balaban J connectivity index is 2.87. The lowest BCUT2D eigenvalue weighted by atomic mass is 10.1. The minimum Gasteiger partial charge on any atom is -0.488 e. The van der Waals surface area contributed by atoms with Crippen molar-refractivity contribution >= 4 is 0 Å². The molecule has 84 valence electrons. The van der Waals surface area contributed by atoms with Gasteiger partial charge in [0.25, 0.3) is 0 Å². The van der Waals surface area contributed by atoms with Crippen molar-refractivity contribution in [3.8, 4) is 5.75 Å². The minimum atomic E-state index is -0.102. The number of hydrogen-bond acceptors (Lipinski definition) is 2. The van der Waals surface area contributed by atoms with Crippen LogP contribution in [0.25, 0.3) is 0 Å². The van der Waals surface area contributed by atoms with E-state index >= 15 is 0 Å². The SMILES string of the molecule is CCC(C)(C)Oc1ccc(CN)cc1C. The quantitative estimate of drug-likeness (QED) is 0.823. The summed E-state index contributed by atoms with van der Waals surface area (Å²) in [6, 6.07) is 6.12. The first-order chi connectivity index (χ1) is 6.98. The van der Waals surface area contributed by atoms with Crippen LogP contribution < -0.4 is 10.5 Å². The zero-order valence-electron chi connectivity index (χ0n) is 10.1. The molecule has 0 fully saturated rings. The van der Waals surface area contributed by atoms with E-state index in [1.54, 1.807) is 0 Å². The second-order valence-electron chi connectivity index (χ2n) is 4.52. The molecule has 0 aliphatic carbocycles. The monoisotopic (exact) mass is 207 g/mol. The summed E-state index contributed by atoms with van der Waals surface area (Å²) in [5, 5.41) is 0. The third-order valence-electron chi connectivity index (χ3n) is 2.71. The molecule has 1 aromatic rings. The lowest BCUT2D eigenvalue weighted by molar-refractivity contribution is 0.104. The van der Waals surface area contributed by atoms with Gasteiger partial charge in [-0.2, -0.15) is 0 Å². The Morgan fingerprint density at radius 1 is 1.33 bits per heavy atom. The molecule has 0 atom stereocenters. The van der Waals surface area contributed by atoms with Gasteiger partial charge in [0.05, 0.1) is 0 Å². The molecular weight excluding hydrogens is 186 g/mol. The number of rotatable bonds is 4. The minimum absolute atomic E-state index is 0.102. The van der Waals surface area contributed by atoms with E-state index < -0.39 is 0 Å². The van der Waals surface area contributed by atoms with E-state index in [-0.39, 0.29) is 5.60 Å². The molecule has 2 nitrogen and oxygen atoms in total. The summed E-state index contributed by atoms with van der Waals surface area (Å²) < 4.78 is 5.94. The lowest BCUT2D eigenvalue weighted by Crippen LogP contribution is -2.27. The number of benzene rings is 1. The predicted octanol–water partition coefficient (Wildman–Crippen LogP) is 3.02. The highest BCUT2D eigenvalue weighted by Crippen LogP contribution is 2.25. The molecule has 0 unspecified atom stereocenters. The third-order valence-corrected chi connectivity index (χ3v) is 2.71. The molecule has 0 heterocycles. The van der Waals surface area contributed by atoms with Gasteiger partial charge in [0.2, 0.25) is 0 Å². The molecule has 0 aromatic heterocycles. The van der Waals surface area contributed by atoms with Gasteiger partial charge in [-0.1, -0.05) is 19.1 Å². The first kappa shape index (κ1) is 12.1. The van der Waals surface area contributed by atoms with Crippen LogP contribution in [0, 0.1) is 6.92 Å². The Hall–Kier alpha value is -1.02. The smallest absolute Gasteiger partial charge is 0.123 e. The summed E-state index contributed by atoms with van der Waals surface area (Å²) in [4.78, 5) is 0. The van der Waals surface area contributed by atoms with E-state index in [9.17, 15) is 0 Å². The molecule has 1 rings (SSSR count). The van der Waals surface area contributed by atoms with Crippen LogP contribution in [-0.2, 0) is 6.54 Å². The van der Waals surface area contributed by atoms with Crippen LogP contribution in [0.15, 0.2) is 18.2 Å². The van der Waals surface area contributed by atoms with Crippen LogP contribution in [0.5, 0.6) is 5.75 Å². The zero-order valence-corrected chi connectivity index (χ0v) is 10.1. The zero-order chi connectivity index (χ0) is 11.5. The maximum Gasteiger partial charge on any atom is 0.123 e. The maximum absolute atomic E-state index is 5.94. The number of ether oxygens (including phenoxy) is 1. The number of nitrogens with two attached hydrogens (primary N) is 1. The van der Waals surface area contributed by atoms with Crippen molar-refractivity contribution in [2.45, 2.75) is 46.3 Å². The highest BCUT2D eigenvalue weighted by atomic mass is 16.5. The Morgan fingerprint density at radius 3 is 2.47 bits per heavy atom. The van der Waals surface area contributed by atoms with Crippen molar-refractivity contribution in [1.29, 1.82) is 0 Å². The van der Waals surface area contributed by atoms with E-state index in [0.717, 1.165) is 23.3 Å². The van der Waals surface area contributed by atoms with Crippen LogP contribution in [0.2, 0.25) is 0 Å². The average Bonchev–Trinajstić information content (AvgIpc) is 2.21. The van der Waals surface area contributed by atoms with Gasteiger partial charge in [-0.3, -0.25) is 0 Å². The summed E-state index contributed by atoms with van der Waals surface area (Å²) in [7, 11) is 0. The van der Waals surface area contributed by atoms with Crippen LogP contribution in [0.1, 0.15) is 38.3 Å². The van der Waals surface area contributed by atoms with Gasteiger partial charge < -0.3 is 10.5 Å². The molecule has 0 bridgehead atoms. The van der Waals surface area contributed by atoms with Gasteiger partial charge in [0, 0.05) is 6.54 Å². The van der Waals surface area contributed by atoms with Crippen LogP contribution in [0.3, 0.4) is 0 Å². The predicted molar refractivity (Wildman–Crippen MR) is 64.1 cm³/mol. The molecule has 2 heteroatoms. The Morgan fingerprint density at radius 2 is 2.00 bits per heavy atom. The molecule has 0 aliphatic heterocycles. The van der Waals surface area contributed by atoms with Crippen molar-refractivity contribution < 1.29 is 4.74 Å². The fourth-order valence-electron chi connectivity index (χ4n) is 1.32. The Labute approximate surface area is 92.4 Å². The van der Waals surface area contributed by atoms with Crippen molar-refractivity contribution in [2.75, 3.05) is 0 Å². The highest BCUT2D eigenvalue weighted by Gasteiger charge is 2.17. The van der Waals surface area contributed by atoms with Crippen LogP contribution >= 0.6 is 0 Å². The molecule has 0 amide bonds. The topological polar surface area (TPSA) is 35.2 Å². The van der Waals surface area contributed by atoms with Crippen molar-refractivity contribution in [2.24, 2.45) is 5.73 Å². The summed E-state index contributed by atoms with van der Waals surface area (Å²) in [5.41, 5.74) is 7.78. The van der Waals surface area contributed by atoms with Crippen LogP contribution in [-0.4, -0.2) is 5.60 Å². The van der Waals surface area contributed by atoms with Gasteiger partial charge in [-0.15, -0.1) is 0 Å². The first-order valence-electron chi connectivity index (χ1n) is 5.47. The van der Waals surface area contributed by atoms with Gasteiger partial charge in [-0.25, -0.2) is 0 Å². The van der Waals surface area contributed by atoms with Crippen molar-refractivity contribution in [3.63, 3.8) is 0 Å². The van der Waals surface area contributed by atoms with E-state index in [1.807, 2.05) is 12.1 Å². The van der Waals surface area contributed by atoms with Gasteiger partial charge in [-0.05, 0) is 44.4 Å². The fourth-order valence-corrected chi connectivity index (χ4v) is 1.32. The molecule has 0 saturated heterocycles. The average molecular weight is 207 g/mol. The normalized spacial score (nSPS) is 11.5. The van der Waals surface area contributed by atoms with E-state index in [2.05, 4.69) is 33.8 Å². The summed E-state index contributed by atoms with van der Waals surface area (Å²) in [6.07, 6.45) is 0.991.